The number of aliphatic hydroxyl groups excluding tert-OH is 1. The zero-order valence-corrected chi connectivity index (χ0v) is 30.8. The van der Waals surface area contributed by atoms with Crippen LogP contribution in [0.3, 0.4) is 0 Å². The molecule has 2 aliphatic heterocycles. The first-order valence-electron chi connectivity index (χ1n) is 16.9. The summed E-state index contributed by atoms with van der Waals surface area (Å²) in [5.41, 5.74) is 7.15. The van der Waals surface area contributed by atoms with Gasteiger partial charge in [0.2, 0.25) is 11.8 Å². The molecule has 2 bridgehead atoms. The average Bonchev–Trinajstić information content (AvgIpc) is 3.84. The van der Waals surface area contributed by atoms with E-state index in [1.54, 1.807) is 35.2 Å². The molecular formula is C34H47IN8O7. The molecule has 272 valence electrons. The highest BCUT2D eigenvalue weighted by molar-refractivity contribution is 14.1. The minimum absolute atomic E-state index is 0.0272. The third-order valence-electron chi connectivity index (χ3n) is 8.39. The van der Waals surface area contributed by atoms with Gasteiger partial charge < -0.3 is 35.5 Å². The molecule has 1 fully saturated rings. The molecule has 5 N–H and O–H groups in total. The summed E-state index contributed by atoms with van der Waals surface area (Å²) in [6.07, 6.45) is 11.5. The number of nitrogens with two attached hydrogens (primary N) is 1. The number of oxazole rings is 1. The minimum Gasteiger partial charge on any atom is -0.460 e. The number of nitrogens with zero attached hydrogens (tertiary/aromatic N) is 5. The summed E-state index contributed by atoms with van der Waals surface area (Å²) in [6, 6.07) is -0.845. The van der Waals surface area contributed by atoms with E-state index in [4.69, 9.17) is 14.9 Å². The summed E-state index contributed by atoms with van der Waals surface area (Å²) in [7, 11) is 0. The van der Waals surface area contributed by atoms with Crippen LogP contribution >= 0.6 is 22.6 Å². The van der Waals surface area contributed by atoms with E-state index >= 15 is 0 Å². The second-order valence-electron chi connectivity index (χ2n) is 12.8. The molecule has 0 aliphatic carbocycles. The normalized spacial score (nSPS) is 26.8. The highest BCUT2D eigenvalue weighted by Gasteiger charge is 2.39. The number of cyclic esters (lactones) is 1. The van der Waals surface area contributed by atoms with Crippen LogP contribution in [-0.2, 0) is 38.6 Å². The molecule has 2 aromatic rings. The first kappa shape index (κ1) is 38.9. The van der Waals surface area contributed by atoms with E-state index in [-0.39, 0.29) is 53.4 Å². The van der Waals surface area contributed by atoms with Crippen LogP contribution in [0, 0.1) is 11.8 Å². The molecule has 0 saturated carbocycles. The molecule has 4 rings (SSSR count). The first-order valence-corrected chi connectivity index (χ1v) is 18.1. The number of nitrogens with one attached hydrogen (secondary N) is 2. The number of halogens is 1. The molecular weight excluding hydrogens is 759 g/mol. The van der Waals surface area contributed by atoms with Gasteiger partial charge in [-0.15, -0.1) is 5.10 Å². The van der Waals surface area contributed by atoms with E-state index < -0.39 is 36.0 Å². The van der Waals surface area contributed by atoms with Crippen LogP contribution in [0.25, 0.3) is 0 Å². The maximum absolute atomic E-state index is 13.7. The fourth-order valence-electron chi connectivity index (χ4n) is 5.90. The molecule has 3 amide bonds. The van der Waals surface area contributed by atoms with Gasteiger partial charge in [0.05, 0.1) is 18.3 Å². The minimum atomic E-state index is -0.845. The van der Waals surface area contributed by atoms with Crippen LogP contribution < -0.4 is 16.4 Å². The molecule has 4 heterocycles. The zero-order valence-electron chi connectivity index (χ0n) is 28.7. The summed E-state index contributed by atoms with van der Waals surface area (Å²) >= 11 is 2.22. The second kappa shape index (κ2) is 18.9. The molecule has 0 radical (unpaired) electrons. The summed E-state index contributed by atoms with van der Waals surface area (Å²) < 4.78 is 13.3. The van der Waals surface area contributed by atoms with E-state index in [1.807, 2.05) is 20.8 Å². The third-order valence-corrected chi connectivity index (χ3v) is 9.33. The molecule has 2 aliphatic rings. The van der Waals surface area contributed by atoms with Crippen LogP contribution in [0.15, 0.2) is 52.8 Å². The van der Waals surface area contributed by atoms with Crippen molar-refractivity contribution < 1.29 is 33.4 Å². The van der Waals surface area contributed by atoms with Gasteiger partial charge in [0, 0.05) is 55.1 Å². The number of ether oxygens (including phenoxy) is 1. The molecule has 16 heteroatoms. The Balaban J connectivity index is 1.55. The SMILES string of the molecule is CC1=C\[C@@H](O)C[C@@H](I)Cc2nc(co2)C(=O)N2CCC[C@@H]2C(=O)O[C@H](C(C)C)[C@H](CC(=O)NCCn2cc(CN)nn2)/C=C/C(=O)NC\C=C\1. The van der Waals surface area contributed by atoms with Crippen molar-refractivity contribution in [2.45, 2.75) is 88.1 Å². The van der Waals surface area contributed by atoms with E-state index in [1.165, 1.54) is 17.2 Å². The predicted molar refractivity (Wildman–Crippen MR) is 191 cm³/mol. The monoisotopic (exact) mass is 806 g/mol. The molecule has 2 aromatic heterocycles. The predicted octanol–water partition coefficient (Wildman–Crippen LogP) is 2.01. The van der Waals surface area contributed by atoms with E-state index in [0.29, 0.717) is 50.4 Å². The summed E-state index contributed by atoms with van der Waals surface area (Å²) in [5.74, 6) is -2.25. The number of aliphatic hydroxyl groups is 1. The number of carbonyl (C=O) groups is 4. The van der Waals surface area contributed by atoms with Gasteiger partial charge in [0.1, 0.15) is 18.4 Å². The lowest BCUT2D eigenvalue weighted by Crippen LogP contribution is -2.44. The fraction of sp³-hybridized carbons (Fsp3) is 0.559. The molecule has 0 spiro atoms. The summed E-state index contributed by atoms with van der Waals surface area (Å²) in [6.45, 7) is 7.09. The lowest BCUT2D eigenvalue weighted by Gasteiger charge is -2.30. The lowest BCUT2D eigenvalue weighted by atomic mass is 9.89. The number of esters is 1. The summed E-state index contributed by atoms with van der Waals surface area (Å²) in [4.78, 5) is 59.1. The number of hydrogen-bond donors (Lipinski definition) is 4. The number of hydrogen-bond acceptors (Lipinski definition) is 11. The van der Waals surface area contributed by atoms with Crippen molar-refractivity contribution in [2.75, 3.05) is 19.6 Å². The van der Waals surface area contributed by atoms with Crippen molar-refractivity contribution in [3.05, 3.63) is 65.7 Å². The van der Waals surface area contributed by atoms with Gasteiger partial charge in [-0.3, -0.25) is 19.1 Å². The largest absolute Gasteiger partial charge is 0.460 e. The van der Waals surface area contributed by atoms with Crippen LogP contribution in [0.5, 0.6) is 0 Å². The van der Waals surface area contributed by atoms with E-state index in [9.17, 15) is 24.3 Å². The number of rotatable bonds is 7. The Morgan fingerprint density at radius 1 is 1.26 bits per heavy atom. The molecule has 5 atom stereocenters. The Hall–Kier alpha value is -3.90. The Morgan fingerprint density at radius 2 is 2.06 bits per heavy atom. The highest BCUT2D eigenvalue weighted by Crippen LogP contribution is 2.27. The standard InChI is InChI=1S/C34H47IN8O7/c1-21(2)32-23(15-30(46)38-11-13-42-19-25(18-36)40-41-42)8-9-29(45)37-10-4-6-22(3)14-26(44)16-24(35)17-31-39-27(20-49-31)33(47)43-12-5-7-28(43)34(48)50-32/h4,6,8-9,14,19-21,23-24,26,28,32,44H,5,7,10-13,15-18,36H2,1-3H3,(H,37,45)(H,38,46)/b6-4+,9-8+,22-14+/t23-,24+,26+,28+,32+/m0/s1. The quantitative estimate of drug-likeness (QED) is 0.181. The van der Waals surface area contributed by atoms with Gasteiger partial charge in [-0.1, -0.05) is 71.5 Å². The Labute approximate surface area is 305 Å². The van der Waals surface area contributed by atoms with Crippen molar-refractivity contribution in [2.24, 2.45) is 17.6 Å². The van der Waals surface area contributed by atoms with Gasteiger partial charge in [0.15, 0.2) is 11.6 Å². The van der Waals surface area contributed by atoms with Crippen molar-refractivity contribution >= 4 is 46.3 Å². The van der Waals surface area contributed by atoms with E-state index in [0.717, 1.165) is 5.57 Å². The lowest BCUT2D eigenvalue weighted by molar-refractivity contribution is -0.159. The fourth-order valence-corrected chi connectivity index (χ4v) is 6.80. The van der Waals surface area contributed by atoms with Crippen LogP contribution in [0.2, 0.25) is 0 Å². The highest BCUT2D eigenvalue weighted by atomic mass is 127. The Morgan fingerprint density at radius 3 is 2.80 bits per heavy atom. The topological polar surface area (TPSA) is 208 Å². The van der Waals surface area contributed by atoms with Gasteiger partial charge in [-0.2, -0.15) is 0 Å². The maximum atomic E-state index is 13.7. The van der Waals surface area contributed by atoms with Crippen molar-refractivity contribution in [1.82, 2.24) is 35.5 Å². The average molecular weight is 807 g/mol. The third kappa shape index (κ3) is 11.6. The number of aromatic nitrogens is 4. The second-order valence-corrected chi connectivity index (χ2v) is 14.6. The first-order chi connectivity index (χ1) is 23.9. The van der Waals surface area contributed by atoms with Crippen LogP contribution in [0.1, 0.15) is 68.5 Å². The number of fused-ring (bicyclic) bond motifs is 3. The van der Waals surface area contributed by atoms with Gasteiger partial charge >= 0.3 is 5.97 Å². The number of amides is 3. The van der Waals surface area contributed by atoms with Crippen molar-refractivity contribution in [3.63, 3.8) is 0 Å². The van der Waals surface area contributed by atoms with Crippen molar-refractivity contribution in [1.29, 1.82) is 0 Å². The molecule has 15 nitrogen and oxygen atoms in total. The Kier molecular flexibility index (Phi) is 14.7. The maximum Gasteiger partial charge on any atom is 0.329 e. The molecule has 1 saturated heterocycles. The molecule has 0 unspecified atom stereocenters. The number of allylic oxidation sites excluding steroid dienone is 2. The number of alkyl halides is 1. The van der Waals surface area contributed by atoms with Crippen LogP contribution in [-0.4, -0.2) is 95.5 Å². The smallest absolute Gasteiger partial charge is 0.329 e. The van der Waals surface area contributed by atoms with Crippen molar-refractivity contribution in [3.8, 4) is 0 Å². The van der Waals surface area contributed by atoms with Gasteiger partial charge in [-0.25, -0.2) is 9.78 Å². The summed E-state index contributed by atoms with van der Waals surface area (Å²) in [5, 5.41) is 24.2. The number of carbonyl (C=O) groups excluding carboxylic acids is 4. The van der Waals surface area contributed by atoms with Gasteiger partial charge in [-0.05, 0) is 38.2 Å². The van der Waals surface area contributed by atoms with Gasteiger partial charge in [0.25, 0.3) is 5.91 Å². The molecule has 50 heavy (non-hydrogen) atoms. The van der Waals surface area contributed by atoms with E-state index in [2.05, 4.69) is 48.5 Å². The molecule has 0 aromatic carbocycles. The zero-order chi connectivity index (χ0) is 36.2. The Bertz CT molecular complexity index is 1570. The van der Waals surface area contributed by atoms with Crippen LogP contribution in [0.4, 0.5) is 0 Å².